The van der Waals surface area contributed by atoms with E-state index in [9.17, 15) is 4.79 Å². The lowest BCUT2D eigenvalue weighted by atomic mass is 10.1. The molecule has 4 rings (SSSR count). The molecule has 2 aromatic rings. The fourth-order valence-corrected chi connectivity index (χ4v) is 3.84. The summed E-state index contributed by atoms with van der Waals surface area (Å²) < 4.78 is 5.87. The van der Waals surface area contributed by atoms with Gasteiger partial charge in [-0.25, -0.2) is 4.79 Å². The molecule has 2 amide bonds. The van der Waals surface area contributed by atoms with Crippen molar-refractivity contribution in [1.82, 2.24) is 14.7 Å². The van der Waals surface area contributed by atoms with Crippen LogP contribution in [-0.4, -0.2) is 66.1 Å². The summed E-state index contributed by atoms with van der Waals surface area (Å²) in [5.41, 5.74) is 1.31. The summed E-state index contributed by atoms with van der Waals surface area (Å²) in [6.07, 6.45) is 0.000520. The smallest absolute Gasteiger partial charge is 0.320 e. The highest BCUT2D eigenvalue weighted by atomic mass is 35.5. The maximum atomic E-state index is 12.7. The van der Waals surface area contributed by atoms with Crippen LogP contribution >= 0.6 is 23.2 Å². The molecule has 0 spiro atoms. The molecule has 2 fully saturated rings. The molecule has 2 heterocycles. The van der Waals surface area contributed by atoms with E-state index in [1.54, 1.807) is 18.2 Å². The summed E-state index contributed by atoms with van der Waals surface area (Å²) in [7, 11) is 0. The lowest BCUT2D eigenvalue weighted by Gasteiger charge is -2.43. The van der Waals surface area contributed by atoms with Crippen molar-refractivity contribution in [3.8, 4) is 5.75 Å². The summed E-state index contributed by atoms with van der Waals surface area (Å²) in [5.74, 6) is 0.682. The molecule has 0 atom stereocenters. The second-order valence-electron chi connectivity index (χ2n) is 7.25. The first kappa shape index (κ1) is 19.4. The number of carbonyl (C=O) groups excluding carboxylic acids is 1. The van der Waals surface area contributed by atoms with Gasteiger partial charge in [0.2, 0.25) is 0 Å². The molecule has 0 unspecified atom stereocenters. The van der Waals surface area contributed by atoms with E-state index in [-0.39, 0.29) is 12.1 Å². The predicted octanol–water partition coefficient (Wildman–Crippen LogP) is 3.99. The summed E-state index contributed by atoms with van der Waals surface area (Å²) in [4.78, 5) is 18.9. The minimum Gasteiger partial charge on any atom is -0.487 e. The van der Waals surface area contributed by atoms with Crippen molar-refractivity contribution in [2.45, 2.75) is 12.6 Å². The number of halogens is 2. The van der Waals surface area contributed by atoms with Gasteiger partial charge in [0, 0.05) is 38.8 Å². The number of likely N-dealkylation sites (tertiary alicyclic amines) is 1. The molecule has 2 saturated heterocycles. The number of benzene rings is 2. The van der Waals surface area contributed by atoms with Gasteiger partial charge in [0.05, 0.1) is 23.1 Å². The first-order chi connectivity index (χ1) is 13.6. The highest BCUT2D eigenvalue weighted by Crippen LogP contribution is 2.28. The van der Waals surface area contributed by atoms with Crippen LogP contribution < -0.4 is 4.74 Å². The number of piperazine rings is 1. The first-order valence-electron chi connectivity index (χ1n) is 9.50. The van der Waals surface area contributed by atoms with Crippen LogP contribution in [0.25, 0.3) is 0 Å². The minimum absolute atomic E-state index is 0.000520. The van der Waals surface area contributed by atoms with E-state index in [0.717, 1.165) is 32.7 Å². The number of ether oxygens (including phenoxy) is 1. The maximum Gasteiger partial charge on any atom is 0.320 e. The predicted molar refractivity (Wildman–Crippen MR) is 111 cm³/mol. The number of rotatable bonds is 4. The molecule has 2 aromatic carbocycles. The van der Waals surface area contributed by atoms with Gasteiger partial charge in [-0.15, -0.1) is 0 Å². The third-order valence-corrected chi connectivity index (χ3v) is 5.94. The number of hydrogen-bond acceptors (Lipinski definition) is 3. The largest absolute Gasteiger partial charge is 0.487 e. The zero-order chi connectivity index (χ0) is 19.5. The fourth-order valence-electron chi connectivity index (χ4n) is 3.55. The lowest BCUT2D eigenvalue weighted by Crippen LogP contribution is -2.61. The van der Waals surface area contributed by atoms with E-state index in [0.29, 0.717) is 28.9 Å². The Kier molecular flexibility index (Phi) is 5.95. The molecule has 0 bridgehead atoms. The van der Waals surface area contributed by atoms with Crippen LogP contribution in [0.15, 0.2) is 48.5 Å². The standard InChI is InChI=1S/C21H23Cl2N3O2/c22-19-7-6-17(12-20(19)23)28-18-14-26(15-18)21(27)25-10-8-24(9-11-25)13-16-4-2-1-3-5-16/h1-7,12,18H,8-11,13-15H2. The van der Waals surface area contributed by atoms with E-state index in [2.05, 4.69) is 29.2 Å². The van der Waals surface area contributed by atoms with Gasteiger partial charge in [-0.2, -0.15) is 0 Å². The van der Waals surface area contributed by atoms with E-state index in [4.69, 9.17) is 27.9 Å². The van der Waals surface area contributed by atoms with E-state index in [1.807, 2.05) is 15.9 Å². The average Bonchev–Trinajstić information content (AvgIpc) is 2.68. The molecular formula is C21H23Cl2N3O2. The fraction of sp³-hybridized carbons (Fsp3) is 0.381. The monoisotopic (exact) mass is 419 g/mol. The van der Waals surface area contributed by atoms with Crippen molar-refractivity contribution in [3.05, 3.63) is 64.1 Å². The molecule has 148 valence electrons. The normalized spacial score (nSPS) is 18.1. The van der Waals surface area contributed by atoms with Gasteiger partial charge < -0.3 is 14.5 Å². The molecule has 0 aromatic heterocycles. The SMILES string of the molecule is O=C(N1CCN(Cc2ccccc2)CC1)N1CC(Oc2ccc(Cl)c(Cl)c2)C1. The first-order valence-corrected chi connectivity index (χ1v) is 10.3. The minimum atomic E-state index is 0.000520. The maximum absolute atomic E-state index is 12.7. The lowest BCUT2D eigenvalue weighted by molar-refractivity contribution is 0.0240. The Hall–Kier alpha value is -1.95. The van der Waals surface area contributed by atoms with Gasteiger partial charge in [-0.3, -0.25) is 4.90 Å². The summed E-state index contributed by atoms with van der Waals surface area (Å²) in [6.45, 7) is 5.47. The van der Waals surface area contributed by atoms with Crippen LogP contribution in [0.3, 0.4) is 0 Å². The number of urea groups is 1. The van der Waals surface area contributed by atoms with Gasteiger partial charge in [-0.1, -0.05) is 53.5 Å². The highest BCUT2D eigenvalue weighted by Gasteiger charge is 2.35. The van der Waals surface area contributed by atoms with E-state index in [1.165, 1.54) is 5.56 Å². The van der Waals surface area contributed by atoms with Gasteiger partial charge in [0.15, 0.2) is 0 Å². The Bertz CT molecular complexity index is 820. The molecule has 2 aliphatic rings. The molecule has 0 aliphatic carbocycles. The topological polar surface area (TPSA) is 36.0 Å². The number of nitrogens with zero attached hydrogens (tertiary/aromatic N) is 3. The summed E-state index contributed by atoms with van der Waals surface area (Å²) in [5, 5.41) is 0.977. The number of amides is 2. The van der Waals surface area contributed by atoms with Crippen LogP contribution in [0, 0.1) is 0 Å². The second kappa shape index (κ2) is 8.60. The van der Waals surface area contributed by atoms with Gasteiger partial charge in [0.1, 0.15) is 11.9 Å². The van der Waals surface area contributed by atoms with Crippen LogP contribution in [0.2, 0.25) is 10.0 Å². The second-order valence-corrected chi connectivity index (χ2v) is 8.07. The van der Waals surface area contributed by atoms with Gasteiger partial charge >= 0.3 is 6.03 Å². The van der Waals surface area contributed by atoms with Crippen molar-refractivity contribution >= 4 is 29.2 Å². The zero-order valence-corrected chi connectivity index (χ0v) is 17.1. The molecule has 28 heavy (non-hydrogen) atoms. The summed E-state index contributed by atoms with van der Waals surface area (Å²) in [6, 6.07) is 15.8. The average molecular weight is 420 g/mol. The Balaban J connectivity index is 1.20. The Morgan fingerprint density at radius 2 is 1.64 bits per heavy atom. The third kappa shape index (κ3) is 4.54. The Morgan fingerprint density at radius 3 is 2.32 bits per heavy atom. The van der Waals surface area contributed by atoms with Crippen LogP contribution in [0.5, 0.6) is 5.75 Å². The molecule has 2 aliphatic heterocycles. The van der Waals surface area contributed by atoms with Crippen molar-refractivity contribution < 1.29 is 9.53 Å². The number of carbonyl (C=O) groups is 1. The zero-order valence-electron chi connectivity index (χ0n) is 15.6. The quantitative estimate of drug-likeness (QED) is 0.751. The molecule has 7 heteroatoms. The molecule has 0 N–H and O–H groups in total. The summed E-state index contributed by atoms with van der Waals surface area (Å²) >= 11 is 11.9. The van der Waals surface area contributed by atoms with Gasteiger partial charge in [0.25, 0.3) is 0 Å². The number of hydrogen-bond donors (Lipinski definition) is 0. The van der Waals surface area contributed by atoms with Crippen LogP contribution in [0.1, 0.15) is 5.56 Å². The Labute approximate surface area is 175 Å². The highest BCUT2D eigenvalue weighted by molar-refractivity contribution is 6.42. The van der Waals surface area contributed by atoms with Crippen molar-refractivity contribution in [3.63, 3.8) is 0 Å². The van der Waals surface area contributed by atoms with Crippen molar-refractivity contribution in [2.24, 2.45) is 0 Å². The van der Waals surface area contributed by atoms with Crippen molar-refractivity contribution in [1.29, 1.82) is 0 Å². The van der Waals surface area contributed by atoms with Crippen molar-refractivity contribution in [2.75, 3.05) is 39.3 Å². The van der Waals surface area contributed by atoms with E-state index >= 15 is 0 Å². The third-order valence-electron chi connectivity index (χ3n) is 5.20. The Morgan fingerprint density at radius 1 is 0.929 bits per heavy atom. The van der Waals surface area contributed by atoms with Gasteiger partial charge in [-0.05, 0) is 17.7 Å². The molecule has 0 saturated carbocycles. The molecule has 5 nitrogen and oxygen atoms in total. The molecule has 0 radical (unpaired) electrons. The molecular weight excluding hydrogens is 397 g/mol. The van der Waals surface area contributed by atoms with E-state index < -0.39 is 0 Å². The van der Waals surface area contributed by atoms with Crippen LogP contribution in [0.4, 0.5) is 4.79 Å². The van der Waals surface area contributed by atoms with Crippen LogP contribution in [-0.2, 0) is 6.54 Å².